The van der Waals surface area contributed by atoms with Crippen LogP contribution in [0.5, 0.6) is 5.75 Å². The molecular formula is C19H23ClN2O2S. The van der Waals surface area contributed by atoms with Gasteiger partial charge < -0.3 is 4.74 Å². The molecule has 0 bridgehead atoms. The Balaban J connectivity index is 1.58. The van der Waals surface area contributed by atoms with Crippen LogP contribution in [0.25, 0.3) is 0 Å². The van der Waals surface area contributed by atoms with E-state index in [2.05, 4.69) is 31.1 Å². The third-order valence-electron chi connectivity index (χ3n) is 4.61. The highest BCUT2D eigenvalue weighted by Crippen LogP contribution is 2.40. The fourth-order valence-electron chi connectivity index (χ4n) is 3.03. The van der Waals surface area contributed by atoms with Crippen molar-refractivity contribution in [1.29, 1.82) is 0 Å². The quantitative estimate of drug-likeness (QED) is 0.817. The van der Waals surface area contributed by atoms with E-state index in [0.29, 0.717) is 27.2 Å². The molecule has 134 valence electrons. The summed E-state index contributed by atoms with van der Waals surface area (Å²) in [4.78, 5) is 18.0. The number of halogens is 1. The number of hydrogen-bond acceptors (Lipinski definition) is 4. The summed E-state index contributed by atoms with van der Waals surface area (Å²) in [5.41, 5.74) is 1.43. The van der Waals surface area contributed by atoms with Gasteiger partial charge in [0.1, 0.15) is 5.75 Å². The van der Waals surface area contributed by atoms with Crippen LogP contribution in [0.1, 0.15) is 37.8 Å². The molecule has 4 nitrogen and oxygen atoms in total. The second kappa shape index (κ2) is 7.34. The van der Waals surface area contributed by atoms with Crippen LogP contribution in [-0.2, 0) is 17.6 Å². The number of rotatable bonds is 4. The zero-order valence-corrected chi connectivity index (χ0v) is 16.3. The summed E-state index contributed by atoms with van der Waals surface area (Å²) in [6, 6.07) is 7.11. The molecule has 25 heavy (non-hydrogen) atoms. The van der Waals surface area contributed by atoms with Crippen molar-refractivity contribution in [2.24, 2.45) is 11.3 Å². The van der Waals surface area contributed by atoms with E-state index < -0.39 is 0 Å². The lowest BCUT2D eigenvalue weighted by Crippen LogP contribution is -2.26. The number of carbonyl (C=O) groups excluding carboxylic acids is 1. The predicted octanol–water partition coefficient (Wildman–Crippen LogP) is 4.97. The van der Waals surface area contributed by atoms with Crippen LogP contribution >= 0.6 is 22.9 Å². The van der Waals surface area contributed by atoms with Gasteiger partial charge in [0.15, 0.2) is 11.7 Å². The summed E-state index contributed by atoms with van der Waals surface area (Å²) < 4.78 is 5.47. The number of nitrogens with zero attached hydrogens (tertiary/aromatic N) is 1. The maximum Gasteiger partial charge on any atom is 0.264 e. The van der Waals surface area contributed by atoms with E-state index in [-0.39, 0.29) is 12.5 Å². The number of benzene rings is 1. The smallest absolute Gasteiger partial charge is 0.264 e. The van der Waals surface area contributed by atoms with Gasteiger partial charge in [-0.25, -0.2) is 4.98 Å². The fraction of sp³-hybridized carbons (Fsp3) is 0.474. The normalized spacial score (nSPS) is 17.0. The van der Waals surface area contributed by atoms with Gasteiger partial charge in [-0.05, 0) is 42.7 Å². The summed E-state index contributed by atoms with van der Waals surface area (Å²) in [7, 11) is 0. The molecule has 1 N–H and O–H groups in total. The Hall–Kier alpha value is -1.59. The monoisotopic (exact) mass is 378 g/mol. The number of para-hydroxylation sites is 1. The van der Waals surface area contributed by atoms with Crippen molar-refractivity contribution in [2.45, 2.75) is 40.0 Å². The van der Waals surface area contributed by atoms with Crippen LogP contribution < -0.4 is 10.1 Å². The highest BCUT2D eigenvalue weighted by molar-refractivity contribution is 7.15. The number of amides is 1. The number of aryl methyl sites for hydroxylation is 1. The zero-order valence-electron chi connectivity index (χ0n) is 14.8. The number of aromatic nitrogens is 1. The lowest BCUT2D eigenvalue weighted by molar-refractivity contribution is -0.118. The molecule has 1 heterocycles. The van der Waals surface area contributed by atoms with Gasteiger partial charge in [0.05, 0.1) is 10.7 Å². The van der Waals surface area contributed by atoms with E-state index in [1.807, 2.05) is 12.1 Å². The number of thiazole rings is 1. The first-order valence-corrected chi connectivity index (χ1v) is 9.68. The minimum absolute atomic E-state index is 0.0847. The lowest BCUT2D eigenvalue weighted by atomic mass is 9.73. The van der Waals surface area contributed by atoms with Crippen LogP contribution in [-0.4, -0.2) is 17.5 Å². The molecule has 0 fully saturated rings. The Kier molecular flexibility index (Phi) is 5.35. The van der Waals surface area contributed by atoms with Gasteiger partial charge in [0.25, 0.3) is 5.91 Å². The fourth-order valence-corrected chi connectivity index (χ4v) is 4.32. The number of carbonyl (C=O) groups is 1. The molecule has 0 aliphatic heterocycles. The van der Waals surface area contributed by atoms with Gasteiger partial charge in [-0.2, -0.15) is 0 Å². The summed E-state index contributed by atoms with van der Waals surface area (Å²) in [6.45, 7) is 6.79. The zero-order chi connectivity index (χ0) is 18.0. The minimum Gasteiger partial charge on any atom is -0.482 e. The average molecular weight is 379 g/mol. The van der Waals surface area contributed by atoms with E-state index in [9.17, 15) is 4.79 Å². The Bertz CT molecular complexity index is 767. The predicted molar refractivity (Wildman–Crippen MR) is 103 cm³/mol. The van der Waals surface area contributed by atoms with E-state index in [1.165, 1.54) is 4.88 Å². The molecule has 1 aliphatic rings. The molecule has 3 rings (SSSR count). The van der Waals surface area contributed by atoms with Crippen molar-refractivity contribution in [1.82, 2.24) is 4.98 Å². The maximum atomic E-state index is 12.1. The van der Waals surface area contributed by atoms with Crippen LogP contribution in [0.4, 0.5) is 5.13 Å². The Morgan fingerprint density at radius 1 is 1.40 bits per heavy atom. The summed E-state index contributed by atoms with van der Waals surface area (Å²) in [5, 5.41) is 4.00. The third-order valence-corrected chi connectivity index (χ3v) is 5.95. The standard InChI is InChI=1S/C19H23ClN2O2S/c1-19(2,3)12-8-9-14-16(10-12)25-18(21-14)22-17(23)11-24-15-7-5-4-6-13(15)20/h4-7,12H,8-11H2,1-3H3,(H,21,22,23). The molecule has 1 aromatic carbocycles. The molecule has 1 aromatic heterocycles. The highest BCUT2D eigenvalue weighted by Gasteiger charge is 2.30. The second-order valence-corrected chi connectivity index (χ2v) is 8.95. The molecule has 2 aromatic rings. The minimum atomic E-state index is -0.224. The summed E-state index contributed by atoms with van der Waals surface area (Å²) >= 11 is 7.60. The first kappa shape index (κ1) is 18.2. The molecule has 1 amide bonds. The van der Waals surface area contributed by atoms with Gasteiger partial charge in [0, 0.05) is 4.88 Å². The van der Waals surface area contributed by atoms with Crippen LogP contribution in [0.3, 0.4) is 0 Å². The van der Waals surface area contributed by atoms with Crippen molar-refractivity contribution in [3.05, 3.63) is 39.9 Å². The molecule has 1 aliphatic carbocycles. The highest BCUT2D eigenvalue weighted by atomic mass is 35.5. The molecule has 6 heteroatoms. The number of fused-ring (bicyclic) bond motifs is 1. The molecule has 0 spiro atoms. The summed E-state index contributed by atoms with van der Waals surface area (Å²) in [6.07, 6.45) is 3.19. The van der Waals surface area contributed by atoms with Gasteiger partial charge in [-0.15, -0.1) is 11.3 Å². The Morgan fingerprint density at radius 3 is 2.88 bits per heavy atom. The topological polar surface area (TPSA) is 51.2 Å². The molecule has 1 atom stereocenters. The van der Waals surface area contributed by atoms with Gasteiger partial charge >= 0.3 is 0 Å². The largest absolute Gasteiger partial charge is 0.482 e. The van der Waals surface area contributed by atoms with Crippen LogP contribution in [0, 0.1) is 11.3 Å². The van der Waals surface area contributed by atoms with E-state index in [4.69, 9.17) is 16.3 Å². The first-order chi connectivity index (χ1) is 11.8. The number of ether oxygens (including phenoxy) is 1. The van der Waals surface area contributed by atoms with Crippen molar-refractivity contribution < 1.29 is 9.53 Å². The van der Waals surface area contributed by atoms with Gasteiger partial charge in [-0.1, -0.05) is 44.5 Å². The average Bonchev–Trinajstić information content (AvgIpc) is 2.94. The molecule has 0 saturated carbocycles. The SMILES string of the molecule is CC(C)(C)C1CCc2nc(NC(=O)COc3ccccc3Cl)sc2C1. The maximum absolute atomic E-state index is 12.1. The van der Waals surface area contributed by atoms with Crippen molar-refractivity contribution >= 4 is 34.0 Å². The van der Waals surface area contributed by atoms with E-state index in [1.54, 1.807) is 23.5 Å². The van der Waals surface area contributed by atoms with Crippen molar-refractivity contribution in [3.63, 3.8) is 0 Å². The molecule has 1 unspecified atom stereocenters. The summed E-state index contributed by atoms with van der Waals surface area (Å²) in [5.74, 6) is 0.941. The molecular weight excluding hydrogens is 356 g/mol. The number of anilines is 1. The number of nitrogens with one attached hydrogen (secondary N) is 1. The lowest BCUT2D eigenvalue weighted by Gasteiger charge is -2.33. The van der Waals surface area contributed by atoms with E-state index >= 15 is 0 Å². The first-order valence-electron chi connectivity index (χ1n) is 8.48. The molecule has 0 saturated heterocycles. The Morgan fingerprint density at radius 2 is 2.16 bits per heavy atom. The number of hydrogen-bond donors (Lipinski definition) is 1. The van der Waals surface area contributed by atoms with Crippen molar-refractivity contribution in [2.75, 3.05) is 11.9 Å². The Labute approximate surface area is 157 Å². The van der Waals surface area contributed by atoms with Crippen LogP contribution in [0.2, 0.25) is 5.02 Å². The molecule has 0 radical (unpaired) electrons. The van der Waals surface area contributed by atoms with Crippen LogP contribution in [0.15, 0.2) is 24.3 Å². The van der Waals surface area contributed by atoms with Crippen molar-refractivity contribution in [3.8, 4) is 5.75 Å². The van der Waals surface area contributed by atoms with E-state index in [0.717, 1.165) is 25.0 Å². The van der Waals surface area contributed by atoms with Gasteiger partial charge in [-0.3, -0.25) is 10.1 Å². The third kappa shape index (κ3) is 4.53. The van der Waals surface area contributed by atoms with Gasteiger partial charge in [0.2, 0.25) is 0 Å². The second-order valence-electron chi connectivity index (χ2n) is 7.46.